The van der Waals surface area contributed by atoms with Crippen molar-refractivity contribution in [2.24, 2.45) is 11.8 Å². The molecule has 2 saturated carbocycles. The molecule has 0 bridgehead atoms. The second-order valence-corrected chi connectivity index (χ2v) is 12.6. The van der Waals surface area contributed by atoms with E-state index < -0.39 is 12.2 Å². The molecule has 220 valence electrons. The molecule has 6 rings (SSSR count). The number of aliphatic hydroxyl groups excluding tert-OH is 1. The monoisotopic (exact) mass is 560 g/mol. The quantitative estimate of drug-likeness (QED) is 0.257. The highest BCUT2D eigenvalue weighted by molar-refractivity contribution is 5.59. The second-order valence-electron chi connectivity index (χ2n) is 12.6. The van der Waals surface area contributed by atoms with Crippen LogP contribution in [0.3, 0.4) is 0 Å². The molecule has 1 saturated heterocycles. The highest BCUT2D eigenvalue weighted by atomic mass is 16.5. The number of aliphatic hydroxyl groups is 1. The summed E-state index contributed by atoms with van der Waals surface area (Å²) in [4.78, 5) is 4.16. The maximum atomic E-state index is 11.3. The van der Waals surface area contributed by atoms with Gasteiger partial charge in [0.05, 0.1) is 25.4 Å². The summed E-state index contributed by atoms with van der Waals surface area (Å²) in [5.41, 5.74) is 4.72. The van der Waals surface area contributed by atoms with E-state index in [-0.39, 0.29) is 35.2 Å². The third-order valence-corrected chi connectivity index (χ3v) is 9.95. The van der Waals surface area contributed by atoms with Gasteiger partial charge >= 0.3 is 0 Å². The van der Waals surface area contributed by atoms with E-state index >= 15 is 0 Å². The zero-order valence-electron chi connectivity index (χ0n) is 24.0. The summed E-state index contributed by atoms with van der Waals surface area (Å²) in [5, 5.41) is 43.2. The highest BCUT2D eigenvalue weighted by Crippen LogP contribution is 2.50. The standard InChI is InChI=1S/C34H42NO6/c1-19-4-3-5-23(12-19)25-14-21(7-9-28(25)36)22-6-8-24-29(37)17-32(41-31(24)15-22)26-16-30(38)33(39)34(40-2)27(26)13-20-10-11-35-18-20/h7,9-11,14,16,18-19,22-24,29,31-32,36-39H,3-6,8,12-13,15,17H2,1-2H3/q-1/t19-,22+,23+,24+,29-,31-,32-/m0/s1. The molecule has 3 aromatic rings. The molecule has 2 aliphatic carbocycles. The van der Waals surface area contributed by atoms with Gasteiger partial charge in [-0.05, 0) is 85.1 Å². The fourth-order valence-corrected chi connectivity index (χ4v) is 7.80. The molecule has 2 aromatic carbocycles. The van der Waals surface area contributed by atoms with Gasteiger partial charge in [0.2, 0.25) is 5.75 Å². The van der Waals surface area contributed by atoms with Crippen LogP contribution < -0.4 is 9.72 Å². The Morgan fingerprint density at radius 3 is 2.54 bits per heavy atom. The number of phenolic OH excluding ortho intramolecular Hbond substituents is 3. The summed E-state index contributed by atoms with van der Waals surface area (Å²) in [6.07, 6.45) is 10.6. The minimum atomic E-state index is -0.533. The fourth-order valence-electron chi connectivity index (χ4n) is 7.80. The molecule has 1 aliphatic heterocycles. The lowest BCUT2D eigenvalue weighted by molar-refractivity contribution is -0.154. The maximum Gasteiger partial charge on any atom is 0.200 e. The SMILES string of the molecule is COc1c(O)c(O)cc([C@@H]2C[C@H](O)[C@H]3CC[C@@H](c4ccc(O)c([C@@H]5CCC[C@H](C)C5)c4)C[C@@H]3O2)c1Cc1cc[n-]c1. The first-order chi connectivity index (χ1) is 19.8. The van der Waals surface area contributed by atoms with Crippen molar-refractivity contribution in [2.75, 3.05) is 7.11 Å². The number of fused-ring (bicyclic) bond motifs is 1. The Bertz CT molecular complexity index is 1350. The fraction of sp³-hybridized carbons (Fsp3) is 0.529. The Morgan fingerprint density at radius 2 is 1.78 bits per heavy atom. The van der Waals surface area contributed by atoms with Gasteiger partial charge in [0.25, 0.3) is 0 Å². The summed E-state index contributed by atoms with van der Waals surface area (Å²) in [5.74, 6) is 1.47. The molecule has 3 aliphatic rings. The average molecular weight is 561 g/mol. The number of ether oxygens (including phenoxy) is 2. The van der Waals surface area contributed by atoms with Gasteiger partial charge in [0.15, 0.2) is 11.5 Å². The molecular formula is C34H42NO6-. The maximum absolute atomic E-state index is 11.3. The van der Waals surface area contributed by atoms with Gasteiger partial charge < -0.3 is 34.9 Å². The van der Waals surface area contributed by atoms with Gasteiger partial charge in [-0.2, -0.15) is 12.4 Å². The van der Waals surface area contributed by atoms with Crippen molar-refractivity contribution in [3.05, 3.63) is 70.5 Å². The number of hydrogen-bond acceptors (Lipinski definition) is 6. The summed E-state index contributed by atoms with van der Waals surface area (Å²) >= 11 is 0. The van der Waals surface area contributed by atoms with Gasteiger partial charge in [0, 0.05) is 17.9 Å². The van der Waals surface area contributed by atoms with Crippen molar-refractivity contribution in [1.29, 1.82) is 0 Å². The molecule has 0 amide bonds. The molecule has 0 radical (unpaired) electrons. The summed E-state index contributed by atoms with van der Waals surface area (Å²) < 4.78 is 12.3. The van der Waals surface area contributed by atoms with Gasteiger partial charge in [-0.25, -0.2) is 0 Å². The molecule has 7 nitrogen and oxygen atoms in total. The van der Waals surface area contributed by atoms with E-state index in [0.717, 1.165) is 54.4 Å². The molecule has 41 heavy (non-hydrogen) atoms. The number of nitrogens with zero attached hydrogens (tertiary/aromatic N) is 1. The molecule has 3 fully saturated rings. The molecule has 0 unspecified atom stereocenters. The van der Waals surface area contributed by atoms with Crippen LogP contribution in [0.4, 0.5) is 0 Å². The lowest BCUT2D eigenvalue weighted by Crippen LogP contribution is -2.44. The van der Waals surface area contributed by atoms with Crippen molar-refractivity contribution < 1.29 is 29.9 Å². The lowest BCUT2D eigenvalue weighted by Gasteiger charge is -2.45. The topological polar surface area (TPSA) is 113 Å². The van der Waals surface area contributed by atoms with Crippen molar-refractivity contribution in [3.8, 4) is 23.0 Å². The number of methoxy groups -OCH3 is 1. The van der Waals surface area contributed by atoms with Crippen LogP contribution in [0, 0.1) is 11.8 Å². The molecule has 2 heterocycles. The van der Waals surface area contributed by atoms with Crippen molar-refractivity contribution in [3.63, 3.8) is 0 Å². The molecule has 1 aromatic heterocycles. The average Bonchev–Trinajstić information content (AvgIpc) is 3.48. The summed E-state index contributed by atoms with van der Waals surface area (Å²) in [6, 6.07) is 9.62. The third kappa shape index (κ3) is 5.54. The minimum Gasteiger partial charge on any atom is -0.670 e. The molecule has 7 atom stereocenters. The first-order valence-corrected chi connectivity index (χ1v) is 15.2. The third-order valence-electron chi connectivity index (χ3n) is 9.95. The van der Waals surface area contributed by atoms with Crippen molar-refractivity contribution in [2.45, 2.75) is 94.9 Å². The van der Waals surface area contributed by atoms with Crippen LogP contribution in [-0.4, -0.2) is 39.7 Å². The summed E-state index contributed by atoms with van der Waals surface area (Å²) in [7, 11) is 1.48. The predicted octanol–water partition coefficient (Wildman–Crippen LogP) is 6.43. The largest absolute Gasteiger partial charge is 0.670 e. The van der Waals surface area contributed by atoms with E-state index in [0.29, 0.717) is 30.4 Å². The molecule has 7 heteroatoms. The zero-order valence-corrected chi connectivity index (χ0v) is 24.0. The Labute approximate surface area is 242 Å². The molecule has 0 spiro atoms. The number of aromatic hydroxyl groups is 3. The van der Waals surface area contributed by atoms with Crippen LogP contribution in [0.1, 0.15) is 104 Å². The lowest BCUT2D eigenvalue weighted by atomic mass is 9.71. The van der Waals surface area contributed by atoms with Crippen molar-refractivity contribution in [1.82, 2.24) is 4.98 Å². The van der Waals surface area contributed by atoms with E-state index in [1.54, 1.807) is 18.5 Å². The Morgan fingerprint density at radius 1 is 0.927 bits per heavy atom. The van der Waals surface area contributed by atoms with E-state index in [2.05, 4.69) is 24.0 Å². The Kier molecular flexibility index (Phi) is 7.92. The smallest absolute Gasteiger partial charge is 0.200 e. The zero-order chi connectivity index (χ0) is 28.7. The number of aromatic nitrogens is 1. The van der Waals surface area contributed by atoms with E-state index in [1.165, 1.54) is 25.5 Å². The van der Waals surface area contributed by atoms with Crippen LogP contribution in [0.5, 0.6) is 23.0 Å². The molecule has 4 N–H and O–H groups in total. The van der Waals surface area contributed by atoms with Gasteiger partial charge in [-0.3, -0.25) is 0 Å². The van der Waals surface area contributed by atoms with Crippen LogP contribution in [-0.2, 0) is 11.2 Å². The number of phenols is 3. The van der Waals surface area contributed by atoms with Crippen LogP contribution in [0.2, 0.25) is 0 Å². The normalized spacial score (nSPS) is 30.1. The second kappa shape index (κ2) is 11.6. The van der Waals surface area contributed by atoms with Crippen LogP contribution in [0.15, 0.2) is 42.7 Å². The molecular weight excluding hydrogens is 518 g/mol. The van der Waals surface area contributed by atoms with Gasteiger partial charge in [-0.15, -0.1) is 0 Å². The van der Waals surface area contributed by atoms with E-state index in [4.69, 9.17) is 9.47 Å². The van der Waals surface area contributed by atoms with Gasteiger partial charge in [0.1, 0.15) is 5.75 Å². The highest BCUT2D eigenvalue weighted by Gasteiger charge is 2.43. The first-order valence-electron chi connectivity index (χ1n) is 15.2. The first kappa shape index (κ1) is 28.0. The predicted molar refractivity (Wildman–Crippen MR) is 156 cm³/mol. The number of rotatable bonds is 6. The Hall–Kier alpha value is -3.16. The van der Waals surface area contributed by atoms with E-state index in [9.17, 15) is 20.4 Å². The van der Waals surface area contributed by atoms with E-state index in [1.807, 2.05) is 12.1 Å². The number of hydrogen-bond donors (Lipinski definition) is 4. The van der Waals surface area contributed by atoms with Crippen molar-refractivity contribution >= 4 is 0 Å². The Balaban J connectivity index is 1.27. The van der Waals surface area contributed by atoms with Crippen LogP contribution >= 0.6 is 0 Å². The minimum absolute atomic E-state index is 0.0496. The van der Waals surface area contributed by atoms with Gasteiger partial charge in [-0.1, -0.05) is 43.5 Å². The summed E-state index contributed by atoms with van der Waals surface area (Å²) in [6.45, 7) is 2.31. The van der Waals surface area contributed by atoms with Crippen LogP contribution in [0.25, 0.3) is 0 Å². The number of benzene rings is 2.